The zero-order chi connectivity index (χ0) is 18.5. The Kier molecular flexibility index (Phi) is 5.25. The number of aromatic nitrogens is 1. The van der Waals surface area contributed by atoms with Crippen molar-refractivity contribution in [1.29, 1.82) is 5.26 Å². The number of carbonyl (C=O) groups is 1. The molecule has 1 N–H and O–H groups in total. The van der Waals surface area contributed by atoms with Gasteiger partial charge in [-0.1, -0.05) is 29.5 Å². The molecule has 26 heavy (non-hydrogen) atoms. The van der Waals surface area contributed by atoms with E-state index in [1.807, 2.05) is 13.0 Å². The largest absolute Gasteiger partial charge is 0.494 e. The number of rotatable bonds is 5. The van der Waals surface area contributed by atoms with E-state index in [-0.39, 0.29) is 16.2 Å². The van der Waals surface area contributed by atoms with Gasteiger partial charge in [-0.25, -0.2) is 9.37 Å². The van der Waals surface area contributed by atoms with Gasteiger partial charge in [-0.3, -0.25) is 10.1 Å². The number of benzene rings is 2. The van der Waals surface area contributed by atoms with E-state index in [2.05, 4.69) is 10.3 Å². The van der Waals surface area contributed by atoms with Gasteiger partial charge in [0.15, 0.2) is 5.13 Å². The Morgan fingerprint density at radius 3 is 2.77 bits per heavy atom. The zero-order valence-corrected chi connectivity index (χ0v) is 14.6. The molecule has 1 heterocycles. The van der Waals surface area contributed by atoms with Crippen molar-refractivity contribution in [3.8, 4) is 11.8 Å². The first-order chi connectivity index (χ1) is 12.6. The summed E-state index contributed by atoms with van der Waals surface area (Å²) in [7, 11) is 0. The number of hydrogen-bond donors (Lipinski definition) is 1. The molecule has 1 aromatic heterocycles. The number of nitrogens with zero attached hydrogens (tertiary/aromatic N) is 2. The molecule has 0 aliphatic heterocycles. The molecule has 0 spiro atoms. The van der Waals surface area contributed by atoms with Crippen molar-refractivity contribution in [2.75, 3.05) is 11.9 Å². The molecule has 1 amide bonds. The van der Waals surface area contributed by atoms with Crippen LogP contribution in [0.25, 0.3) is 16.3 Å². The normalized spacial score (nSPS) is 11.2. The molecule has 0 fully saturated rings. The maximum absolute atomic E-state index is 13.7. The van der Waals surface area contributed by atoms with Crippen molar-refractivity contribution in [1.82, 2.24) is 4.98 Å². The van der Waals surface area contributed by atoms with Gasteiger partial charge in [0.2, 0.25) is 0 Å². The van der Waals surface area contributed by atoms with E-state index >= 15 is 0 Å². The molecule has 0 atom stereocenters. The molecule has 7 heteroatoms. The Labute approximate surface area is 153 Å². The van der Waals surface area contributed by atoms with Crippen LogP contribution >= 0.6 is 11.3 Å². The first-order valence-corrected chi connectivity index (χ1v) is 8.63. The van der Waals surface area contributed by atoms with E-state index in [1.54, 1.807) is 36.4 Å². The summed E-state index contributed by atoms with van der Waals surface area (Å²) in [6.07, 6.45) is 1.47. The SMILES string of the molecule is CCOc1ccc(/C=C(\C#N)C(=O)Nc2nc3c(F)cccc3s2)cc1. The fourth-order valence-electron chi connectivity index (χ4n) is 2.28. The summed E-state index contributed by atoms with van der Waals surface area (Å²) in [5.41, 5.74) is 0.811. The molecule has 0 radical (unpaired) electrons. The van der Waals surface area contributed by atoms with Gasteiger partial charge in [0, 0.05) is 0 Å². The number of fused-ring (bicyclic) bond motifs is 1. The third-order valence-corrected chi connectivity index (χ3v) is 4.39. The Balaban J connectivity index is 1.79. The Hall–Kier alpha value is -3.24. The lowest BCUT2D eigenvalue weighted by molar-refractivity contribution is -0.112. The third kappa shape index (κ3) is 3.87. The molecule has 2 aromatic carbocycles. The number of nitrogens with one attached hydrogen (secondary N) is 1. The van der Waals surface area contributed by atoms with E-state index < -0.39 is 11.7 Å². The molecule has 3 rings (SSSR count). The monoisotopic (exact) mass is 367 g/mol. The number of amides is 1. The van der Waals surface area contributed by atoms with Crippen molar-refractivity contribution in [2.24, 2.45) is 0 Å². The van der Waals surface area contributed by atoms with E-state index in [9.17, 15) is 14.4 Å². The second kappa shape index (κ2) is 7.76. The van der Waals surface area contributed by atoms with Gasteiger partial charge in [-0.2, -0.15) is 5.26 Å². The maximum Gasteiger partial charge on any atom is 0.268 e. The number of anilines is 1. The summed E-state index contributed by atoms with van der Waals surface area (Å²) in [5, 5.41) is 12.1. The van der Waals surface area contributed by atoms with Crippen molar-refractivity contribution in [3.63, 3.8) is 0 Å². The molecular weight excluding hydrogens is 353 g/mol. The van der Waals surface area contributed by atoms with Gasteiger partial charge in [0.25, 0.3) is 5.91 Å². The fraction of sp³-hybridized carbons (Fsp3) is 0.105. The lowest BCUT2D eigenvalue weighted by Crippen LogP contribution is -2.13. The van der Waals surface area contributed by atoms with Crippen molar-refractivity contribution >= 4 is 38.7 Å². The third-order valence-electron chi connectivity index (χ3n) is 3.46. The number of nitriles is 1. The highest BCUT2D eigenvalue weighted by Crippen LogP contribution is 2.27. The molecule has 0 unspecified atom stereocenters. The number of thiazole rings is 1. The van der Waals surface area contributed by atoms with Crippen LogP contribution < -0.4 is 10.1 Å². The van der Waals surface area contributed by atoms with Gasteiger partial charge < -0.3 is 4.74 Å². The summed E-state index contributed by atoms with van der Waals surface area (Å²) < 4.78 is 19.7. The summed E-state index contributed by atoms with van der Waals surface area (Å²) in [6.45, 7) is 2.45. The van der Waals surface area contributed by atoms with Crippen LogP contribution in [0.1, 0.15) is 12.5 Å². The number of ether oxygens (including phenoxy) is 1. The summed E-state index contributed by atoms with van der Waals surface area (Å²) in [5.74, 6) is -0.338. The standard InChI is InChI=1S/C19H14FN3O2S/c1-2-25-14-8-6-12(7-9-14)10-13(11-21)18(24)23-19-22-17-15(20)4-3-5-16(17)26-19/h3-10H,2H2,1H3,(H,22,23,24)/b13-10+. The van der Waals surface area contributed by atoms with E-state index in [1.165, 1.54) is 12.1 Å². The predicted octanol–water partition coefficient (Wildman–Crippen LogP) is 4.38. The first kappa shape index (κ1) is 17.6. The maximum atomic E-state index is 13.7. The molecule has 5 nitrogen and oxygen atoms in total. The van der Waals surface area contributed by atoms with Gasteiger partial charge in [-0.05, 0) is 42.8 Å². The minimum Gasteiger partial charge on any atom is -0.494 e. The Morgan fingerprint density at radius 1 is 1.35 bits per heavy atom. The molecule has 0 saturated carbocycles. The molecule has 0 saturated heterocycles. The van der Waals surface area contributed by atoms with Gasteiger partial charge in [0.1, 0.15) is 28.7 Å². The average Bonchev–Trinajstić information content (AvgIpc) is 3.05. The van der Waals surface area contributed by atoms with Crippen LogP contribution in [0.3, 0.4) is 0 Å². The smallest absolute Gasteiger partial charge is 0.268 e. The van der Waals surface area contributed by atoms with Crippen molar-refractivity contribution in [2.45, 2.75) is 6.92 Å². The zero-order valence-electron chi connectivity index (χ0n) is 13.8. The molecule has 0 aliphatic rings. The topological polar surface area (TPSA) is 75.0 Å². The summed E-state index contributed by atoms with van der Waals surface area (Å²) in [4.78, 5) is 16.4. The van der Waals surface area contributed by atoms with Crippen LogP contribution in [-0.2, 0) is 4.79 Å². The van der Waals surface area contributed by atoms with Crippen molar-refractivity contribution < 1.29 is 13.9 Å². The number of carbonyl (C=O) groups excluding carboxylic acids is 1. The fourth-order valence-corrected chi connectivity index (χ4v) is 3.15. The minimum atomic E-state index is -0.596. The molecule has 3 aromatic rings. The number of halogens is 1. The Bertz CT molecular complexity index is 1020. The van der Waals surface area contributed by atoms with Crippen molar-refractivity contribution in [3.05, 3.63) is 59.4 Å². The highest BCUT2D eigenvalue weighted by atomic mass is 32.1. The van der Waals surface area contributed by atoms with Crippen LogP contribution in [0.4, 0.5) is 9.52 Å². The number of para-hydroxylation sites is 1. The van der Waals surface area contributed by atoms with Gasteiger partial charge in [-0.15, -0.1) is 0 Å². The van der Waals surface area contributed by atoms with Crippen LogP contribution in [0.15, 0.2) is 48.0 Å². The second-order valence-electron chi connectivity index (χ2n) is 5.23. The predicted molar refractivity (Wildman–Crippen MR) is 99.4 cm³/mol. The van der Waals surface area contributed by atoms with Crippen LogP contribution in [0, 0.1) is 17.1 Å². The first-order valence-electron chi connectivity index (χ1n) is 7.81. The highest BCUT2D eigenvalue weighted by Gasteiger charge is 2.14. The quantitative estimate of drug-likeness (QED) is 0.536. The molecule has 130 valence electrons. The lowest BCUT2D eigenvalue weighted by Gasteiger charge is -2.03. The highest BCUT2D eigenvalue weighted by molar-refractivity contribution is 7.22. The minimum absolute atomic E-state index is 0.0751. The van der Waals surface area contributed by atoms with Gasteiger partial charge >= 0.3 is 0 Å². The average molecular weight is 367 g/mol. The van der Waals surface area contributed by atoms with Crippen LogP contribution in [0.5, 0.6) is 5.75 Å². The summed E-state index contributed by atoms with van der Waals surface area (Å²) in [6, 6.07) is 13.5. The lowest BCUT2D eigenvalue weighted by atomic mass is 10.1. The van der Waals surface area contributed by atoms with Crippen LogP contribution in [-0.4, -0.2) is 17.5 Å². The number of hydrogen-bond acceptors (Lipinski definition) is 5. The molecular formula is C19H14FN3O2S. The van der Waals surface area contributed by atoms with Crippen LogP contribution in [0.2, 0.25) is 0 Å². The van der Waals surface area contributed by atoms with Gasteiger partial charge in [0.05, 0.1) is 11.3 Å². The second-order valence-corrected chi connectivity index (χ2v) is 6.26. The Morgan fingerprint density at radius 2 is 2.12 bits per heavy atom. The van der Waals surface area contributed by atoms with E-state index in [0.29, 0.717) is 22.6 Å². The van der Waals surface area contributed by atoms with E-state index in [4.69, 9.17) is 4.74 Å². The van der Waals surface area contributed by atoms with E-state index in [0.717, 1.165) is 11.3 Å². The summed E-state index contributed by atoms with van der Waals surface area (Å²) >= 11 is 1.15. The molecule has 0 aliphatic carbocycles. The molecule has 0 bridgehead atoms.